The molecule has 0 aliphatic heterocycles. The summed E-state index contributed by atoms with van der Waals surface area (Å²) in [7, 11) is 1.66. The molecule has 0 aromatic heterocycles. The molecule has 2 nitrogen and oxygen atoms in total. The smallest absolute Gasteiger partial charge is 0.123 e. The Kier molecular flexibility index (Phi) is 5.13. The lowest BCUT2D eigenvalue weighted by Crippen LogP contribution is -2.02. The molecule has 2 rings (SSSR count). The van der Waals surface area contributed by atoms with Gasteiger partial charge in [-0.05, 0) is 52.3 Å². The van der Waals surface area contributed by atoms with Crippen LogP contribution in [0.4, 0.5) is 5.69 Å². The molecule has 0 fully saturated rings. The zero-order valence-electron chi connectivity index (χ0n) is 10.2. The first-order chi connectivity index (χ1) is 9.10. The molecule has 0 spiro atoms. The van der Waals surface area contributed by atoms with E-state index in [1.165, 1.54) is 0 Å². The Balaban J connectivity index is 2.16. The highest BCUT2D eigenvalue weighted by Gasteiger charge is 2.05. The molecule has 2 aromatic rings. The van der Waals surface area contributed by atoms with Gasteiger partial charge in [0.2, 0.25) is 0 Å². The molecule has 1 N–H and O–H groups in total. The average Bonchev–Trinajstić information content (AvgIpc) is 2.38. The lowest BCUT2D eigenvalue weighted by atomic mass is 10.2. The van der Waals surface area contributed by atoms with Crippen LogP contribution in [0.2, 0.25) is 5.02 Å². The fraction of sp³-hybridized carbons (Fsp3) is 0.143. The van der Waals surface area contributed by atoms with Crippen LogP contribution in [0.1, 0.15) is 5.56 Å². The zero-order valence-corrected chi connectivity index (χ0v) is 14.1. The minimum absolute atomic E-state index is 0.643. The highest BCUT2D eigenvalue weighted by molar-refractivity contribution is 9.11. The second-order valence-electron chi connectivity index (χ2n) is 3.93. The standard InChI is InChI=1S/C14H12Br2ClNO/c1-19-14-5-3-11(17)6-9(14)8-18-13-4-2-10(15)7-12(13)16/h2-7,18H,8H2,1H3. The third-order valence-electron chi connectivity index (χ3n) is 2.64. The van der Waals surface area contributed by atoms with Gasteiger partial charge in [0.1, 0.15) is 5.75 Å². The van der Waals surface area contributed by atoms with E-state index in [1.54, 1.807) is 7.11 Å². The summed E-state index contributed by atoms with van der Waals surface area (Å²) in [5, 5.41) is 4.05. The normalized spacial score (nSPS) is 10.3. The molecule has 0 aliphatic carbocycles. The Morgan fingerprint density at radius 2 is 1.95 bits per heavy atom. The van der Waals surface area contributed by atoms with Gasteiger partial charge in [-0.1, -0.05) is 27.5 Å². The molecule has 0 saturated heterocycles. The molecular formula is C14H12Br2ClNO. The van der Waals surface area contributed by atoms with Crippen molar-refractivity contribution >= 4 is 49.1 Å². The van der Waals surface area contributed by atoms with Crippen LogP contribution in [0.15, 0.2) is 45.3 Å². The van der Waals surface area contributed by atoms with Gasteiger partial charge < -0.3 is 10.1 Å². The molecule has 0 atom stereocenters. The third-order valence-corrected chi connectivity index (χ3v) is 4.03. The Morgan fingerprint density at radius 3 is 2.63 bits per heavy atom. The largest absolute Gasteiger partial charge is 0.496 e. The van der Waals surface area contributed by atoms with Crippen molar-refractivity contribution in [3.63, 3.8) is 0 Å². The summed E-state index contributed by atoms with van der Waals surface area (Å²) in [4.78, 5) is 0. The maximum Gasteiger partial charge on any atom is 0.123 e. The summed E-state index contributed by atoms with van der Waals surface area (Å²) in [6.07, 6.45) is 0. The fourth-order valence-electron chi connectivity index (χ4n) is 1.71. The van der Waals surface area contributed by atoms with Gasteiger partial charge in [0, 0.05) is 31.8 Å². The first kappa shape index (κ1) is 14.7. The van der Waals surface area contributed by atoms with E-state index in [2.05, 4.69) is 37.2 Å². The van der Waals surface area contributed by atoms with E-state index in [9.17, 15) is 0 Å². The summed E-state index contributed by atoms with van der Waals surface area (Å²) in [5.41, 5.74) is 2.04. The molecule has 5 heteroatoms. The zero-order chi connectivity index (χ0) is 13.8. The number of ether oxygens (including phenoxy) is 1. The summed E-state index contributed by atoms with van der Waals surface area (Å²) >= 11 is 13.0. The van der Waals surface area contributed by atoms with Crippen molar-refractivity contribution in [3.8, 4) is 5.75 Å². The van der Waals surface area contributed by atoms with E-state index in [1.807, 2.05) is 36.4 Å². The van der Waals surface area contributed by atoms with Crippen LogP contribution in [-0.4, -0.2) is 7.11 Å². The maximum atomic E-state index is 6.01. The Morgan fingerprint density at radius 1 is 1.16 bits per heavy atom. The Bertz CT molecular complexity index is 590. The maximum absolute atomic E-state index is 6.01. The van der Waals surface area contributed by atoms with Crippen molar-refractivity contribution in [1.29, 1.82) is 0 Å². The second-order valence-corrected chi connectivity index (χ2v) is 6.14. The van der Waals surface area contributed by atoms with Crippen LogP contribution in [0.5, 0.6) is 5.75 Å². The fourth-order valence-corrected chi connectivity index (χ4v) is 3.09. The number of hydrogen-bond acceptors (Lipinski definition) is 2. The summed E-state index contributed by atoms with van der Waals surface area (Å²) in [5.74, 6) is 0.824. The van der Waals surface area contributed by atoms with E-state index in [4.69, 9.17) is 16.3 Å². The lowest BCUT2D eigenvalue weighted by molar-refractivity contribution is 0.410. The van der Waals surface area contributed by atoms with Crippen molar-refractivity contribution in [2.24, 2.45) is 0 Å². The monoisotopic (exact) mass is 403 g/mol. The van der Waals surface area contributed by atoms with Crippen LogP contribution in [0.25, 0.3) is 0 Å². The number of halogens is 3. The van der Waals surface area contributed by atoms with E-state index in [0.717, 1.165) is 25.9 Å². The van der Waals surface area contributed by atoms with E-state index >= 15 is 0 Å². The second kappa shape index (κ2) is 6.64. The van der Waals surface area contributed by atoms with Crippen molar-refractivity contribution in [3.05, 3.63) is 55.9 Å². The molecule has 0 heterocycles. The third kappa shape index (κ3) is 3.88. The molecule has 100 valence electrons. The molecular weight excluding hydrogens is 393 g/mol. The minimum atomic E-state index is 0.643. The van der Waals surface area contributed by atoms with Gasteiger partial charge in [-0.25, -0.2) is 0 Å². The molecule has 0 aliphatic rings. The summed E-state index contributed by atoms with van der Waals surface area (Å²) in [6.45, 7) is 0.643. The van der Waals surface area contributed by atoms with Crippen LogP contribution in [0.3, 0.4) is 0 Å². The van der Waals surface area contributed by atoms with Gasteiger partial charge in [-0.2, -0.15) is 0 Å². The Labute approximate surface area is 134 Å². The first-order valence-corrected chi connectivity index (χ1v) is 7.58. The highest BCUT2D eigenvalue weighted by Crippen LogP contribution is 2.28. The van der Waals surface area contributed by atoms with Crippen molar-refractivity contribution in [1.82, 2.24) is 0 Å². The van der Waals surface area contributed by atoms with Crippen LogP contribution < -0.4 is 10.1 Å². The van der Waals surface area contributed by atoms with E-state index in [-0.39, 0.29) is 0 Å². The molecule has 0 radical (unpaired) electrons. The quantitative estimate of drug-likeness (QED) is 0.727. The topological polar surface area (TPSA) is 21.3 Å². The van der Waals surface area contributed by atoms with Crippen LogP contribution in [-0.2, 0) is 6.54 Å². The SMILES string of the molecule is COc1ccc(Cl)cc1CNc1ccc(Br)cc1Br. The molecule has 0 saturated carbocycles. The van der Waals surface area contributed by atoms with E-state index < -0.39 is 0 Å². The highest BCUT2D eigenvalue weighted by atomic mass is 79.9. The van der Waals surface area contributed by atoms with Gasteiger partial charge in [0.25, 0.3) is 0 Å². The first-order valence-electron chi connectivity index (χ1n) is 5.61. The predicted octanol–water partition coefficient (Wildman–Crippen LogP) is 5.49. The number of rotatable bonds is 4. The summed E-state index contributed by atoms with van der Waals surface area (Å²) in [6, 6.07) is 11.6. The number of methoxy groups -OCH3 is 1. The van der Waals surface area contributed by atoms with Crippen LogP contribution >= 0.6 is 43.5 Å². The summed E-state index contributed by atoms with van der Waals surface area (Å²) < 4.78 is 7.36. The van der Waals surface area contributed by atoms with Gasteiger partial charge in [0.05, 0.1) is 7.11 Å². The van der Waals surface area contributed by atoms with Crippen molar-refractivity contribution in [2.45, 2.75) is 6.54 Å². The molecule has 0 unspecified atom stereocenters. The van der Waals surface area contributed by atoms with Gasteiger partial charge >= 0.3 is 0 Å². The average molecular weight is 406 g/mol. The van der Waals surface area contributed by atoms with Crippen molar-refractivity contribution < 1.29 is 4.74 Å². The van der Waals surface area contributed by atoms with Gasteiger partial charge in [-0.3, -0.25) is 0 Å². The predicted molar refractivity (Wildman–Crippen MR) is 87.2 cm³/mol. The number of anilines is 1. The van der Waals surface area contributed by atoms with Gasteiger partial charge in [0.15, 0.2) is 0 Å². The number of hydrogen-bond donors (Lipinski definition) is 1. The molecule has 2 aromatic carbocycles. The lowest BCUT2D eigenvalue weighted by Gasteiger charge is -2.12. The molecule has 0 amide bonds. The Hall–Kier alpha value is -0.710. The molecule has 0 bridgehead atoms. The van der Waals surface area contributed by atoms with Crippen LogP contribution in [0, 0.1) is 0 Å². The molecule has 19 heavy (non-hydrogen) atoms. The van der Waals surface area contributed by atoms with E-state index in [0.29, 0.717) is 11.6 Å². The van der Waals surface area contributed by atoms with Crippen molar-refractivity contribution in [2.75, 3.05) is 12.4 Å². The number of benzene rings is 2. The number of nitrogens with one attached hydrogen (secondary N) is 1. The minimum Gasteiger partial charge on any atom is -0.496 e. The van der Waals surface area contributed by atoms with Gasteiger partial charge in [-0.15, -0.1) is 0 Å².